The van der Waals surface area contributed by atoms with Crippen molar-refractivity contribution in [1.29, 1.82) is 0 Å². The van der Waals surface area contributed by atoms with Crippen molar-refractivity contribution in [1.82, 2.24) is 4.98 Å². The molecule has 2 rings (SSSR count). The third-order valence-electron chi connectivity index (χ3n) is 3.19. The van der Waals surface area contributed by atoms with Crippen LogP contribution in [0, 0.1) is 0 Å². The first-order valence-corrected chi connectivity index (χ1v) is 6.77. The number of anilines is 1. The molecule has 1 aliphatic rings. The minimum absolute atomic E-state index is 0.0633. The number of nitrogens with zero attached hydrogens (tertiary/aromatic N) is 1. The van der Waals surface area contributed by atoms with Crippen LogP contribution in [0.15, 0.2) is 12.3 Å². The van der Waals surface area contributed by atoms with Crippen LogP contribution in [-0.4, -0.2) is 34.8 Å². The second kappa shape index (κ2) is 6.21. The Morgan fingerprint density at radius 1 is 1.63 bits per heavy atom. The van der Waals surface area contributed by atoms with Gasteiger partial charge in [-0.1, -0.05) is 11.6 Å². The topological polar surface area (TPSA) is 71.5 Å². The fourth-order valence-electron chi connectivity index (χ4n) is 2.23. The standard InChI is InChI=1S/C13H17ClN2O3/c1-2-19-13(18)8-7-15-12(14)6-10(8)16-9-4-3-5-11(9)17/h6-7,9,11,17H,2-5H2,1H3,(H,15,16). The Balaban J connectivity index is 2.21. The van der Waals surface area contributed by atoms with Gasteiger partial charge < -0.3 is 15.2 Å². The molecular weight excluding hydrogens is 268 g/mol. The molecule has 1 aliphatic carbocycles. The van der Waals surface area contributed by atoms with E-state index >= 15 is 0 Å². The lowest BCUT2D eigenvalue weighted by atomic mass is 10.1. The van der Waals surface area contributed by atoms with Crippen molar-refractivity contribution in [3.8, 4) is 0 Å². The number of aliphatic hydroxyl groups is 1. The quantitative estimate of drug-likeness (QED) is 0.655. The van der Waals surface area contributed by atoms with Crippen molar-refractivity contribution >= 4 is 23.3 Å². The van der Waals surface area contributed by atoms with E-state index < -0.39 is 12.1 Å². The molecule has 0 bridgehead atoms. The number of nitrogens with one attached hydrogen (secondary N) is 1. The van der Waals surface area contributed by atoms with E-state index in [1.807, 2.05) is 0 Å². The summed E-state index contributed by atoms with van der Waals surface area (Å²) in [5.74, 6) is -0.443. The van der Waals surface area contributed by atoms with Gasteiger partial charge in [-0.2, -0.15) is 0 Å². The van der Waals surface area contributed by atoms with E-state index in [1.165, 1.54) is 6.20 Å². The molecule has 0 saturated heterocycles. The number of aromatic nitrogens is 1. The molecule has 6 heteroatoms. The van der Waals surface area contributed by atoms with Crippen molar-refractivity contribution < 1.29 is 14.6 Å². The van der Waals surface area contributed by atoms with Gasteiger partial charge in [0.05, 0.1) is 24.4 Å². The molecule has 2 unspecified atom stereocenters. The third-order valence-corrected chi connectivity index (χ3v) is 3.39. The number of halogens is 1. The van der Waals surface area contributed by atoms with Crippen LogP contribution in [0.4, 0.5) is 5.69 Å². The molecule has 19 heavy (non-hydrogen) atoms. The van der Waals surface area contributed by atoms with Crippen LogP contribution in [0.25, 0.3) is 0 Å². The number of rotatable bonds is 4. The maximum Gasteiger partial charge on any atom is 0.341 e. The average Bonchev–Trinajstić information content (AvgIpc) is 2.75. The molecular formula is C13H17ClN2O3. The molecule has 1 aromatic heterocycles. The predicted molar refractivity (Wildman–Crippen MR) is 72.5 cm³/mol. The summed E-state index contributed by atoms with van der Waals surface area (Å²) >= 11 is 5.85. The molecule has 0 radical (unpaired) electrons. The molecule has 0 spiro atoms. The molecule has 5 nitrogen and oxygen atoms in total. The normalized spacial score (nSPS) is 22.3. The first-order valence-electron chi connectivity index (χ1n) is 6.39. The van der Waals surface area contributed by atoms with E-state index in [0.717, 1.165) is 19.3 Å². The first-order chi connectivity index (χ1) is 9.11. The summed E-state index contributed by atoms with van der Waals surface area (Å²) in [6, 6.07) is 1.52. The van der Waals surface area contributed by atoms with Gasteiger partial charge in [0.15, 0.2) is 0 Å². The summed E-state index contributed by atoms with van der Waals surface area (Å²) < 4.78 is 4.98. The lowest BCUT2D eigenvalue weighted by Gasteiger charge is -2.19. The summed E-state index contributed by atoms with van der Waals surface area (Å²) in [6.07, 6.45) is 3.59. The molecule has 1 saturated carbocycles. The number of pyridine rings is 1. The lowest BCUT2D eigenvalue weighted by molar-refractivity contribution is 0.0526. The van der Waals surface area contributed by atoms with Gasteiger partial charge in [-0.25, -0.2) is 9.78 Å². The molecule has 0 aliphatic heterocycles. The van der Waals surface area contributed by atoms with Crippen LogP contribution >= 0.6 is 11.6 Å². The van der Waals surface area contributed by atoms with Gasteiger partial charge >= 0.3 is 5.97 Å². The van der Waals surface area contributed by atoms with Gasteiger partial charge in [-0.15, -0.1) is 0 Å². The molecule has 1 aromatic rings. The second-order valence-corrected chi connectivity index (χ2v) is 4.91. The van der Waals surface area contributed by atoms with Gasteiger partial charge in [0.1, 0.15) is 10.7 Å². The van der Waals surface area contributed by atoms with Crippen molar-refractivity contribution in [2.45, 2.75) is 38.3 Å². The Morgan fingerprint density at radius 2 is 2.42 bits per heavy atom. The number of esters is 1. The van der Waals surface area contributed by atoms with Crippen LogP contribution in [0.2, 0.25) is 5.15 Å². The van der Waals surface area contributed by atoms with Crippen LogP contribution < -0.4 is 5.32 Å². The molecule has 1 heterocycles. The zero-order chi connectivity index (χ0) is 13.8. The highest BCUT2D eigenvalue weighted by molar-refractivity contribution is 6.29. The van der Waals surface area contributed by atoms with E-state index in [-0.39, 0.29) is 6.04 Å². The molecule has 1 fully saturated rings. The number of ether oxygens (including phenoxy) is 1. The molecule has 0 aromatic carbocycles. The molecule has 2 atom stereocenters. The first kappa shape index (κ1) is 14.1. The minimum atomic E-state index is -0.443. The highest BCUT2D eigenvalue weighted by Crippen LogP contribution is 2.26. The van der Waals surface area contributed by atoms with E-state index in [4.69, 9.17) is 16.3 Å². The number of aliphatic hydroxyl groups excluding tert-OH is 1. The Hall–Kier alpha value is -1.33. The van der Waals surface area contributed by atoms with Crippen molar-refractivity contribution in [2.75, 3.05) is 11.9 Å². The van der Waals surface area contributed by atoms with Crippen molar-refractivity contribution in [3.05, 3.63) is 23.0 Å². The lowest BCUT2D eigenvalue weighted by Crippen LogP contribution is -2.29. The summed E-state index contributed by atoms with van der Waals surface area (Å²) in [5.41, 5.74) is 0.898. The Labute approximate surface area is 116 Å². The summed E-state index contributed by atoms with van der Waals surface area (Å²) in [6.45, 7) is 2.04. The third kappa shape index (κ3) is 3.36. The van der Waals surface area contributed by atoms with Crippen LogP contribution in [-0.2, 0) is 4.74 Å². The number of carbonyl (C=O) groups is 1. The zero-order valence-electron chi connectivity index (χ0n) is 10.7. The van der Waals surface area contributed by atoms with Crippen LogP contribution in [0.3, 0.4) is 0 Å². The summed E-state index contributed by atoms with van der Waals surface area (Å²) in [7, 11) is 0. The number of hydrogen-bond donors (Lipinski definition) is 2. The second-order valence-electron chi connectivity index (χ2n) is 4.52. The Bertz CT molecular complexity index is 467. The average molecular weight is 285 g/mol. The highest BCUT2D eigenvalue weighted by atomic mass is 35.5. The molecule has 104 valence electrons. The fraction of sp³-hybridized carbons (Fsp3) is 0.538. The van der Waals surface area contributed by atoms with Crippen molar-refractivity contribution in [3.63, 3.8) is 0 Å². The SMILES string of the molecule is CCOC(=O)c1cnc(Cl)cc1NC1CCCC1O. The van der Waals surface area contributed by atoms with Gasteiger partial charge in [0, 0.05) is 6.20 Å². The van der Waals surface area contributed by atoms with Gasteiger partial charge in [-0.05, 0) is 32.3 Å². The largest absolute Gasteiger partial charge is 0.462 e. The predicted octanol–water partition coefficient (Wildman–Crippen LogP) is 2.24. The van der Waals surface area contributed by atoms with Gasteiger partial charge in [-0.3, -0.25) is 0 Å². The monoisotopic (exact) mass is 284 g/mol. The van der Waals surface area contributed by atoms with Gasteiger partial charge in [0.25, 0.3) is 0 Å². The Kier molecular flexibility index (Phi) is 4.61. The highest BCUT2D eigenvalue weighted by Gasteiger charge is 2.26. The number of hydrogen-bond acceptors (Lipinski definition) is 5. The van der Waals surface area contributed by atoms with E-state index in [0.29, 0.717) is 23.0 Å². The molecule has 0 amide bonds. The van der Waals surface area contributed by atoms with E-state index in [1.54, 1.807) is 13.0 Å². The summed E-state index contributed by atoms with van der Waals surface area (Å²) in [4.78, 5) is 15.7. The smallest absolute Gasteiger partial charge is 0.341 e. The summed E-state index contributed by atoms with van der Waals surface area (Å²) in [5, 5.41) is 13.3. The van der Waals surface area contributed by atoms with Crippen LogP contribution in [0.5, 0.6) is 0 Å². The minimum Gasteiger partial charge on any atom is -0.462 e. The van der Waals surface area contributed by atoms with Crippen molar-refractivity contribution in [2.24, 2.45) is 0 Å². The molecule has 2 N–H and O–H groups in total. The fourth-order valence-corrected chi connectivity index (χ4v) is 2.39. The van der Waals surface area contributed by atoms with Gasteiger partial charge in [0.2, 0.25) is 0 Å². The van der Waals surface area contributed by atoms with E-state index in [2.05, 4.69) is 10.3 Å². The van der Waals surface area contributed by atoms with E-state index in [9.17, 15) is 9.90 Å². The Morgan fingerprint density at radius 3 is 3.05 bits per heavy atom. The maximum absolute atomic E-state index is 11.8. The zero-order valence-corrected chi connectivity index (χ0v) is 11.5. The number of carbonyl (C=O) groups excluding carboxylic acids is 1. The maximum atomic E-state index is 11.8. The van der Waals surface area contributed by atoms with Crippen LogP contribution in [0.1, 0.15) is 36.5 Å².